The van der Waals surface area contributed by atoms with Crippen LogP contribution in [0.1, 0.15) is 54.4 Å². The zero-order valence-electron chi connectivity index (χ0n) is 11.2. The van der Waals surface area contributed by atoms with E-state index in [2.05, 4.69) is 73.4 Å². The highest BCUT2D eigenvalue weighted by atomic mass is 79.9. The number of halogens is 2. The van der Waals surface area contributed by atoms with Crippen LogP contribution in [0.2, 0.25) is 0 Å². The van der Waals surface area contributed by atoms with Crippen LogP contribution < -0.4 is 0 Å². The Labute approximate surface area is 117 Å². The molecule has 0 atom stereocenters. The van der Waals surface area contributed by atoms with Gasteiger partial charge in [0.2, 0.25) is 0 Å². The van der Waals surface area contributed by atoms with Gasteiger partial charge in [0, 0.05) is 0 Å². The molecule has 0 radical (unpaired) electrons. The lowest BCUT2D eigenvalue weighted by Gasteiger charge is -2.48. The van der Waals surface area contributed by atoms with Gasteiger partial charge in [0.25, 0.3) is 0 Å². The second-order valence-corrected chi connectivity index (χ2v) is 11.1. The van der Waals surface area contributed by atoms with Gasteiger partial charge in [-0.1, -0.05) is 84.5 Å². The zero-order valence-corrected chi connectivity index (χ0v) is 14.3. The molecule has 0 unspecified atom stereocenters. The Balaban J connectivity index is 2.55. The van der Waals surface area contributed by atoms with Crippen LogP contribution in [0.25, 0.3) is 0 Å². The van der Waals surface area contributed by atoms with Crippen molar-refractivity contribution in [3.05, 3.63) is 11.1 Å². The van der Waals surface area contributed by atoms with E-state index in [4.69, 9.17) is 0 Å². The maximum absolute atomic E-state index is 3.81. The Bertz CT molecular complexity index is 338. The number of hydrogen-bond acceptors (Lipinski definition) is 0. The predicted molar refractivity (Wildman–Crippen MR) is 78.2 cm³/mol. The first-order chi connectivity index (χ1) is 6.93. The molecule has 16 heavy (non-hydrogen) atoms. The minimum absolute atomic E-state index is 0.121. The number of rotatable bonds is 0. The van der Waals surface area contributed by atoms with Crippen molar-refractivity contribution in [2.45, 2.75) is 57.6 Å². The SMILES string of the molecule is CC1(C)C2=C(CC(Br)(Br)C2)C(C)(C)C1(C)C. The third kappa shape index (κ3) is 1.38. The second-order valence-electron chi connectivity index (χ2n) is 7.04. The molecule has 0 saturated carbocycles. The van der Waals surface area contributed by atoms with Gasteiger partial charge in [-0.15, -0.1) is 0 Å². The third-order valence-corrected chi connectivity index (χ3v) is 6.99. The number of allylic oxidation sites excluding steroid dienone is 2. The van der Waals surface area contributed by atoms with Crippen molar-refractivity contribution in [2.24, 2.45) is 16.2 Å². The molecule has 0 amide bonds. The lowest BCUT2D eigenvalue weighted by atomic mass is 9.57. The van der Waals surface area contributed by atoms with Crippen LogP contribution in [-0.4, -0.2) is 3.23 Å². The molecule has 0 aromatic rings. The fraction of sp³-hybridized carbons (Fsp3) is 0.857. The fourth-order valence-electron chi connectivity index (χ4n) is 3.53. The number of hydrogen-bond donors (Lipinski definition) is 0. The maximum Gasteiger partial charge on any atom is 0.0879 e. The van der Waals surface area contributed by atoms with E-state index in [9.17, 15) is 0 Å². The second kappa shape index (κ2) is 3.17. The summed E-state index contributed by atoms with van der Waals surface area (Å²) in [6.07, 6.45) is 2.28. The van der Waals surface area contributed by atoms with Gasteiger partial charge >= 0.3 is 0 Å². The predicted octanol–water partition coefficient (Wildman–Crippen LogP) is 5.66. The molecule has 0 fully saturated rings. The summed E-state index contributed by atoms with van der Waals surface area (Å²) in [5.41, 5.74) is 4.29. The van der Waals surface area contributed by atoms with E-state index in [1.54, 1.807) is 11.1 Å². The fourth-order valence-corrected chi connectivity index (χ4v) is 4.65. The van der Waals surface area contributed by atoms with E-state index in [0.717, 1.165) is 12.8 Å². The lowest BCUT2D eigenvalue weighted by molar-refractivity contribution is 0.0558. The average molecular weight is 350 g/mol. The van der Waals surface area contributed by atoms with Crippen LogP contribution in [-0.2, 0) is 0 Å². The van der Waals surface area contributed by atoms with Gasteiger partial charge in [-0.2, -0.15) is 0 Å². The topological polar surface area (TPSA) is 0 Å². The van der Waals surface area contributed by atoms with Gasteiger partial charge in [0.15, 0.2) is 0 Å². The Hall–Kier alpha value is 0.700. The van der Waals surface area contributed by atoms with Crippen molar-refractivity contribution in [3.8, 4) is 0 Å². The summed E-state index contributed by atoms with van der Waals surface area (Å²) < 4.78 is 0.121. The van der Waals surface area contributed by atoms with Crippen molar-refractivity contribution in [3.63, 3.8) is 0 Å². The normalized spacial score (nSPS) is 33.0. The lowest BCUT2D eigenvalue weighted by Crippen LogP contribution is -2.41. The van der Waals surface area contributed by atoms with E-state index in [1.165, 1.54) is 0 Å². The molecule has 0 bridgehead atoms. The molecule has 2 aliphatic carbocycles. The molecular weight excluding hydrogens is 328 g/mol. The van der Waals surface area contributed by atoms with Crippen molar-refractivity contribution >= 4 is 31.9 Å². The minimum Gasteiger partial charge on any atom is -0.0720 e. The molecule has 0 heterocycles. The summed E-state index contributed by atoms with van der Waals surface area (Å²) in [5.74, 6) is 0. The van der Waals surface area contributed by atoms with E-state index in [1.807, 2.05) is 0 Å². The van der Waals surface area contributed by atoms with E-state index in [-0.39, 0.29) is 3.23 Å². The van der Waals surface area contributed by atoms with Crippen LogP contribution >= 0.6 is 31.9 Å². The van der Waals surface area contributed by atoms with E-state index >= 15 is 0 Å². The molecule has 0 aromatic heterocycles. The maximum atomic E-state index is 3.81. The van der Waals surface area contributed by atoms with Crippen LogP contribution in [0, 0.1) is 16.2 Å². The first-order valence-electron chi connectivity index (χ1n) is 6.04. The van der Waals surface area contributed by atoms with Gasteiger partial charge in [-0.25, -0.2) is 0 Å². The Morgan fingerprint density at radius 1 is 0.750 bits per heavy atom. The Morgan fingerprint density at radius 3 is 1.38 bits per heavy atom. The molecule has 0 N–H and O–H groups in total. The monoisotopic (exact) mass is 348 g/mol. The van der Waals surface area contributed by atoms with Gasteiger partial charge < -0.3 is 0 Å². The Kier molecular flexibility index (Phi) is 2.61. The zero-order chi connectivity index (χ0) is 12.6. The van der Waals surface area contributed by atoms with Crippen molar-refractivity contribution in [1.29, 1.82) is 0 Å². The molecule has 0 saturated heterocycles. The van der Waals surface area contributed by atoms with Crippen molar-refractivity contribution < 1.29 is 0 Å². The summed E-state index contributed by atoms with van der Waals surface area (Å²) in [7, 11) is 0. The standard InChI is InChI=1S/C14H22Br2/c1-11(2)9-7-14(15,16)8-10(9)12(3,4)13(11,5)6/h7-8H2,1-6H3. The van der Waals surface area contributed by atoms with Crippen LogP contribution in [0.4, 0.5) is 0 Å². The van der Waals surface area contributed by atoms with Gasteiger partial charge in [0.1, 0.15) is 0 Å². The Morgan fingerprint density at radius 2 is 1.06 bits per heavy atom. The third-order valence-electron chi connectivity index (χ3n) is 5.87. The highest BCUT2D eigenvalue weighted by Gasteiger charge is 2.61. The quantitative estimate of drug-likeness (QED) is 0.391. The van der Waals surface area contributed by atoms with Gasteiger partial charge in [-0.3, -0.25) is 0 Å². The summed E-state index contributed by atoms with van der Waals surface area (Å²) >= 11 is 7.63. The molecule has 0 aromatic carbocycles. The van der Waals surface area contributed by atoms with Gasteiger partial charge in [0.05, 0.1) is 3.23 Å². The van der Waals surface area contributed by atoms with Gasteiger partial charge in [-0.05, 0) is 29.1 Å². The molecular formula is C14H22Br2. The van der Waals surface area contributed by atoms with E-state index < -0.39 is 0 Å². The molecule has 2 heteroatoms. The van der Waals surface area contributed by atoms with Crippen LogP contribution in [0.15, 0.2) is 11.1 Å². The van der Waals surface area contributed by atoms with E-state index in [0.29, 0.717) is 16.2 Å². The summed E-state index contributed by atoms with van der Waals surface area (Å²) in [5, 5.41) is 0. The molecule has 2 rings (SSSR count). The van der Waals surface area contributed by atoms with Crippen LogP contribution in [0.3, 0.4) is 0 Å². The first-order valence-corrected chi connectivity index (χ1v) is 7.63. The molecule has 0 nitrogen and oxygen atoms in total. The highest BCUT2D eigenvalue weighted by molar-refractivity contribution is 9.25. The highest BCUT2D eigenvalue weighted by Crippen LogP contribution is 2.71. The first kappa shape index (κ1) is 13.1. The average Bonchev–Trinajstić information content (AvgIpc) is 2.44. The summed E-state index contributed by atoms with van der Waals surface area (Å²) in [6, 6.07) is 0. The summed E-state index contributed by atoms with van der Waals surface area (Å²) in [6.45, 7) is 14.5. The molecule has 0 spiro atoms. The number of alkyl halides is 2. The minimum atomic E-state index is 0.121. The molecule has 2 aliphatic rings. The summed E-state index contributed by atoms with van der Waals surface area (Å²) in [4.78, 5) is 0. The van der Waals surface area contributed by atoms with Crippen molar-refractivity contribution in [1.82, 2.24) is 0 Å². The molecule has 92 valence electrons. The smallest absolute Gasteiger partial charge is 0.0720 e. The largest absolute Gasteiger partial charge is 0.0879 e. The van der Waals surface area contributed by atoms with Crippen LogP contribution in [0.5, 0.6) is 0 Å². The molecule has 0 aliphatic heterocycles. The van der Waals surface area contributed by atoms with Crippen molar-refractivity contribution in [2.75, 3.05) is 0 Å².